The largest absolute Gasteiger partial charge is 0.319 e. The van der Waals surface area contributed by atoms with Gasteiger partial charge in [0.25, 0.3) is 0 Å². The van der Waals surface area contributed by atoms with E-state index in [4.69, 9.17) is 4.84 Å². The van der Waals surface area contributed by atoms with Crippen molar-refractivity contribution in [2.24, 2.45) is 0 Å². The fourth-order valence-corrected chi connectivity index (χ4v) is 1.46. The van der Waals surface area contributed by atoms with Gasteiger partial charge in [0.1, 0.15) is 0 Å². The molecule has 1 saturated carbocycles. The van der Waals surface area contributed by atoms with Crippen molar-refractivity contribution in [1.82, 2.24) is 5.48 Å². The maximum atomic E-state index is 10.9. The van der Waals surface area contributed by atoms with Gasteiger partial charge in [-0.2, -0.15) is 0 Å². The molecule has 1 aliphatic rings. The first-order valence-electron chi connectivity index (χ1n) is 4.71. The van der Waals surface area contributed by atoms with Gasteiger partial charge in [-0.15, -0.1) is 0 Å². The van der Waals surface area contributed by atoms with Gasteiger partial charge in [0.05, 0.1) is 6.10 Å². The summed E-state index contributed by atoms with van der Waals surface area (Å²) in [6, 6.07) is 0. The number of hydrogen-bond acceptors (Lipinski definition) is 2. The molecule has 0 saturated heterocycles. The SMILES string of the molecule is CC#CC(=O)NOC1CCCCC1. The van der Waals surface area contributed by atoms with Crippen LogP contribution >= 0.6 is 0 Å². The minimum Gasteiger partial charge on any atom is -0.270 e. The summed E-state index contributed by atoms with van der Waals surface area (Å²) in [5.74, 6) is 4.52. The number of hydrogen-bond donors (Lipinski definition) is 1. The van der Waals surface area contributed by atoms with E-state index < -0.39 is 0 Å². The minimum absolute atomic E-state index is 0.191. The first-order chi connectivity index (χ1) is 6.33. The molecule has 0 aliphatic heterocycles. The smallest absolute Gasteiger partial charge is 0.270 e. The molecular formula is C10H15NO2. The highest BCUT2D eigenvalue weighted by atomic mass is 16.7. The van der Waals surface area contributed by atoms with E-state index in [2.05, 4.69) is 17.3 Å². The van der Waals surface area contributed by atoms with Gasteiger partial charge in [0, 0.05) is 0 Å². The first kappa shape index (κ1) is 10.1. The molecule has 0 heterocycles. The van der Waals surface area contributed by atoms with E-state index in [0.29, 0.717) is 0 Å². The van der Waals surface area contributed by atoms with E-state index in [0.717, 1.165) is 12.8 Å². The van der Waals surface area contributed by atoms with Gasteiger partial charge in [-0.05, 0) is 25.7 Å². The molecule has 0 unspecified atom stereocenters. The Labute approximate surface area is 78.8 Å². The van der Waals surface area contributed by atoms with Gasteiger partial charge in [0.15, 0.2) is 0 Å². The number of nitrogens with one attached hydrogen (secondary N) is 1. The second-order valence-electron chi connectivity index (χ2n) is 3.18. The Bertz CT molecular complexity index is 221. The van der Waals surface area contributed by atoms with Gasteiger partial charge in [-0.25, -0.2) is 5.48 Å². The Kier molecular flexibility index (Phi) is 4.34. The van der Waals surface area contributed by atoms with Crippen molar-refractivity contribution in [3.05, 3.63) is 0 Å². The zero-order valence-electron chi connectivity index (χ0n) is 7.93. The van der Waals surface area contributed by atoms with E-state index in [-0.39, 0.29) is 12.0 Å². The Morgan fingerprint density at radius 3 is 2.69 bits per heavy atom. The number of carbonyl (C=O) groups excluding carboxylic acids is 1. The van der Waals surface area contributed by atoms with Crippen molar-refractivity contribution in [1.29, 1.82) is 0 Å². The molecule has 0 aromatic carbocycles. The molecule has 1 N–H and O–H groups in total. The number of amides is 1. The highest BCUT2D eigenvalue weighted by Crippen LogP contribution is 2.19. The van der Waals surface area contributed by atoms with E-state index >= 15 is 0 Å². The Morgan fingerprint density at radius 1 is 1.38 bits per heavy atom. The molecule has 1 amide bonds. The normalized spacial score (nSPS) is 17.3. The molecule has 72 valence electrons. The van der Waals surface area contributed by atoms with Crippen LogP contribution in [0.4, 0.5) is 0 Å². The Morgan fingerprint density at radius 2 is 2.08 bits per heavy atom. The molecule has 1 fully saturated rings. The zero-order valence-corrected chi connectivity index (χ0v) is 7.93. The van der Waals surface area contributed by atoms with Gasteiger partial charge in [-0.3, -0.25) is 9.63 Å². The molecule has 0 aromatic rings. The maximum Gasteiger partial charge on any atom is 0.319 e. The average molecular weight is 181 g/mol. The van der Waals surface area contributed by atoms with E-state index in [9.17, 15) is 4.79 Å². The summed E-state index contributed by atoms with van der Waals surface area (Å²) in [5, 5.41) is 0. The summed E-state index contributed by atoms with van der Waals surface area (Å²) in [4.78, 5) is 16.1. The van der Waals surface area contributed by atoms with E-state index in [1.165, 1.54) is 19.3 Å². The molecule has 0 bridgehead atoms. The van der Waals surface area contributed by atoms with Crippen LogP contribution in [0.15, 0.2) is 0 Å². The highest BCUT2D eigenvalue weighted by molar-refractivity contribution is 5.92. The maximum absolute atomic E-state index is 10.9. The highest BCUT2D eigenvalue weighted by Gasteiger charge is 2.14. The van der Waals surface area contributed by atoms with Crippen LogP contribution in [0.5, 0.6) is 0 Å². The fraction of sp³-hybridized carbons (Fsp3) is 0.700. The summed E-state index contributed by atoms with van der Waals surface area (Å²) < 4.78 is 0. The predicted molar refractivity (Wildman–Crippen MR) is 49.6 cm³/mol. The van der Waals surface area contributed by atoms with Crippen LogP contribution in [-0.4, -0.2) is 12.0 Å². The minimum atomic E-state index is -0.354. The predicted octanol–water partition coefficient (Wildman–Crippen LogP) is 1.39. The average Bonchev–Trinajstić information content (AvgIpc) is 2.17. The zero-order chi connectivity index (χ0) is 9.52. The number of hydroxylamine groups is 1. The van der Waals surface area contributed by atoms with Gasteiger partial charge < -0.3 is 0 Å². The van der Waals surface area contributed by atoms with Crippen LogP contribution in [-0.2, 0) is 9.63 Å². The van der Waals surface area contributed by atoms with Crippen molar-refractivity contribution >= 4 is 5.91 Å². The van der Waals surface area contributed by atoms with Crippen LogP contribution in [0.1, 0.15) is 39.0 Å². The molecule has 13 heavy (non-hydrogen) atoms. The molecule has 0 radical (unpaired) electrons. The van der Waals surface area contributed by atoms with Gasteiger partial charge in [-0.1, -0.05) is 25.2 Å². The van der Waals surface area contributed by atoms with E-state index in [1.54, 1.807) is 6.92 Å². The van der Waals surface area contributed by atoms with Crippen LogP contribution in [0.3, 0.4) is 0 Å². The molecule has 3 nitrogen and oxygen atoms in total. The number of rotatable bonds is 2. The third-order valence-corrected chi connectivity index (χ3v) is 2.11. The third kappa shape index (κ3) is 3.95. The van der Waals surface area contributed by atoms with Gasteiger partial charge in [0.2, 0.25) is 0 Å². The van der Waals surface area contributed by atoms with Gasteiger partial charge >= 0.3 is 5.91 Å². The van der Waals surface area contributed by atoms with E-state index in [1.807, 2.05) is 0 Å². The first-order valence-corrected chi connectivity index (χ1v) is 4.71. The summed E-state index contributed by atoms with van der Waals surface area (Å²) in [6.45, 7) is 1.63. The van der Waals surface area contributed by atoms with Crippen molar-refractivity contribution in [2.75, 3.05) is 0 Å². The summed E-state index contributed by atoms with van der Waals surface area (Å²) in [7, 11) is 0. The molecule has 3 heteroatoms. The monoisotopic (exact) mass is 181 g/mol. The number of carbonyl (C=O) groups is 1. The quantitative estimate of drug-likeness (QED) is 0.516. The van der Waals surface area contributed by atoms with Crippen LogP contribution < -0.4 is 5.48 Å². The third-order valence-electron chi connectivity index (χ3n) is 2.11. The van der Waals surface area contributed by atoms with Crippen molar-refractivity contribution in [3.63, 3.8) is 0 Å². The lowest BCUT2D eigenvalue weighted by Gasteiger charge is -2.20. The van der Waals surface area contributed by atoms with Crippen molar-refractivity contribution in [2.45, 2.75) is 45.1 Å². The summed E-state index contributed by atoms with van der Waals surface area (Å²) in [6.07, 6.45) is 5.94. The van der Waals surface area contributed by atoms with Crippen LogP contribution in [0.25, 0.3) is 0 Å². The van der Waals surface area contributed by atoms with Crippen molar-refractivity contribution in [3.8, 4) is 11.8 Å². The molecule has 1 aliphatic carbocycles. The Balaban J connectivity index is 2.16. The summed E-state index contributed by atoms with van der Waals surface area (Å²) >= 11 is 0. The molecular weight excluding hydrogens is 166 g/mol. The standard InChI is InChI=1S/C10H15NO2/c1-2-6-10(12)11-13-9-7-4-3-5-8-9/h9H,3-5,7-8H2,1H3,(H,11,12). The van der Waals surface area contributed by atoms with Crippen LogP contribution in [0, 0.1) is 11.8 Å². The second kappa shape index (κ2) is 5.60. The van der Waals surface area contributed by atoms with Crippen LogP contribution in [0.2, 0.25) is 0 Å². The lowest BCUT2D eigenvalue weighted by molar-refractivity contribution is -0.134. The lowest BCUT2D eigenvalue weighted by Crippen LogP contribution is -2.29. The Hall–Kier alpha value is -1.01. The topological polar surface area (TPSA) is 38.3 Å². The molecule has 0 atom stereocenters. The molecule has 1 rings (SSSR count). The lowest BCUT2D eigenvalue weighted by atomic mass is 9.98. The second-order valence-corrected chi connectivity index (χ2v) is 3.18. The fourth-order valence-electron chi connectivity index (χ4n) is 1.46. The summed E-state index contributed by atoms with van der Waals surface area (Å²) in [5.41, 5.74) is 2.34. The van der Waals surface area contributed by atoms with Crippen molar-refractivity contribution < 1.29 is 9.63 Å². The molecule has 0 aromatic heterocycles. The molecule has 0 spiro atoms.